The van der Waals surface area contributed by atoms with E-state index in [4.69, 9.17) is 10.7 Å². The molecule has 1 saturated heterocycles. The van der Waals surface area contributed by atoms with Crippen LogP contribution in [-0.2, 0) is 12.8 Å². The lowest BCUT2D eigenvalue weighted by Crippen LogP contribution is -2.37. The van der Waals surface area contributed by atoms with Gasteiger partial charge in [0.15, 0.2) is 0 Å². The number of rotatable bonds is 4. The summed E-state index contributed by atoms with van der Waals surface area (Å²) in [5, 5.41) is 3.45. The summed E-state index contributed by atoms with van der Waals surface area (Å²) in [7, 11) is 2.24. The Morgan fingerprint density at radius 2 is 2.41 bits per heavy atom. The van der Waals surface area contributed by atoms with Crippen LogP contribution in [0.25, 0.3) is 0 Å². The number of hydrogen-bond donors (Lipinski definition) is 1. The monoisotopic (exact) mass is 253 g/mol. The number of likely N-dealkylation sites (tertiary alicyclic amines) is 1. The van der Waals surface area contributed by atoms with Crippen molar-refractivity contribution in [3.05, 3.63) is 16.1 Å². The number of hydrogen-bond acceptors (Lipinski definition) is 4. The van der Waals surface area contributed by atoms with Gasteiger partial charge in [-0.25, -0.2) is 4.98 Å². The molecule has 1 aliphatic heterocycles. The zero-order valence-corrected chi connectivity index (χ0v) is 11.7. The van der Waals surface area contributed by atoms with Gasteiger partial charge in [-0.3, -0.25) is 0 Å². The molecule has 17 heavy (non-hydrogen) atoms. The van der Waals surface area contributed by atoms with E-state index in [9.17, 15) is 0 Å². The molecular formula is C13H23N3S. The van der Waals surface area contributed by atoms with Gasteiger partial charge in [0, 0.05) is 30.3 Å². The second-order valence-electron chi connectivity index (χ2n) is 5.25. The Kier molecular flexibility index (Phi) is 4.54. The highest BCUT2D eigenvalue weighted by Gasteiger charge is 2.20. The average Bonchev–Trinajstić information content (AvgIpc) is 2.68. The minimum Gasteiger partial charge on any atom is -0.328 e. The molecule has 0 spiro atoms. The second kappa shape index (κ2) is 5.94. The van der Waals surface area contributed by atoms with Crippen LogP contribution in [-0.4, -0.2) is 35.6 Å². The minimum atomic E-state index is 0.210. The summed E-state index contributed by atoms with van der Waals surface area (Å²) in [6.07, 6.45) is 6.05. The van der Waals surface area contributed by atoms with Crippen LogP contribution in [0.3, 0.4) is 0 Å². The lowest BCUT2D eigenvalue weighted by atomic mass is 10.0. The first kappa shape index (κ1) is 13.0. The van der Waals surface area contributed by atoms with Crippen molar-refractivity contribution >= 4 is 11.3 Å². The van der Waals surface area contributed by atoms with E-state index < -0.39 is 0 Å². The van der Waals surface area contributed by atoms with E-state index in [1.54, 1.807) is 11.3 Å². The molecule has 4 heteroatoms. The maximum Gasteiger partial charge on any atom is 0.0943 e. The minimum absolute atomic E-state index is 0.210. The van der Waals surface area contributed by atoms with Crippen LogP contribution in [0.2, 0.25) is 0 Å². The molecule has 2 rings (SSSR count). The summed E-state index contributed by atoms with van der Waals surface area (Å²) >= 11 is 1.79. The van der Waals surface area contributed by atoms with Crippen molar-refractivity contribution < 1.29 is 0 Å². The van der Waals surface area contributed by atoms with Crippen molar-refractivity contribution in [2.24, 2.45) is 5.73 Å². The van der Waals surface area contributed by atoms with E-state index >= 15 is 0 Å². The van der Waals surface area contributed by atoms with Gasteiger partial charge in [0.1, 0.15) is 0 Å². The fraction of sp³-hybridized carbons (Fsp3) is 0.769. The molecular weight excluding hydrogens is 230 g/mol. The highest BCUT2D eigenvalue weighted by atomic mass is 32.1. The maximum atomic E-state index is 5.80. The van der Waals surface area contributed by atoms with Crippen molar-refractivity contribution in [3.63, 3.8) is 0 Å². The lowest BCUT2D eigenvalue weighted by Gasteiger charge is -2.31. The fourth-order valence-corrected chi connectivity index (χ4v) is 3.35. The number of likely N-dealkylation sites (N-methyl/N-ethyl adjacent to an activating group) is 1. The Hall–Kier alpha value is -0.450. The van der Waals surface area contributed by atoms with Gasteiger partial charge in [0.05, 0.1) is 10.7 Å². The maximum absolute atomic E-state index is 5.80. The number of piperidine rings is 1. The lowest BCUT2D eigenvalue weighted by molar-refractivity contribution is 0.184. The molecule has 3 nitrogen and oxygen atoms in total. The Morgan fingerprint density at radius 3 is 3.12 bits per heavy atom. The molecule has 0 aromatic carbocycles. The predicted octanol–water partition coefficient (Wildman–Crippen LogP) is 2.06. The van der Waals surface area contributed by atoms with Gasteiger partial charge in [-0.2, -0.15) is 0 Å². The summed E-state index contributed by atoms with van der Waals surface area (Å²) in [4.78, 5) is 7.17. The molecule has 1 aliphatic rings. The molecule has 0 bridgehead atoms. The van der Waals surface area contributed by atoms with Crippen molar-refractivity contribution in [3.8, 4) is 0 Å². The first-order valence-electron chi connectivity index (χ1n) is 6.54. The Bertz CT molecular complexity index is 348. The number of thiazole rings is 1. The third-order valence-corrected chi connectivity index (χ3v) is 4.38. The fourth-order valence-electron chi connectivity index (χ4n) is 2.47. The normalized spacial score (nSPS) is 23.8. The highest BCUT2D eigenvalue weighted by molar-refractivity contribution is 7.09. The van der Waals surface area contributed by atoms with Crippen LogP contribution >= 0.6 is 11.3 Å². The van der Waals surface area contributed by atoms with Gasteiger partial charge < -0.3 is 10.6 Å². The van der Waals surface area contributed by atoms with E-state index in [1.807, 2.05) is 6.92 Å². The number of nitrogens with two attached hydrogens (primary N) is 1. The number of nitrogens with zero attached hydrogens (tertiary/aromatic N) is 2. The zero-order chi connectivity index (χ0) is 12.3. The molecule has 1 fully saturated rings. The molecule has 2 unspecified atom stereocenters. The molecule has 0 radical (unpaired) electrons. The molecule has 0 saturated carbocycles. The first-order chi connectivity index (χ1) is 8.15. The molecule has 96 valence electrons. The molecule has 2 heterocycles. The topological polar surface area (TPSA) is 42.1 Å². The van der Waals surface area contributed by atoms with E-state index in [-0.39, 0.29) is 6.04 Å². The van der Waals surface area contributed by atoms with E-state index in [1.165, 1.54) is 36.5 Å². The van der Waals surface area contributed by atoms with Gasteiger partial charge in [-0.15, -0.1) is 11.3 Å². The van der Waals surface area contributed by atoms with Crippen LogP contribution in [0.1, 0.15) is 36.9 Å². The summed E-state index contributed by atoms with van der Waals surface area (Å²) in [5.74, 6) is 0. The van der Waals surface area contributed by atoms with Crippen LogP contribution in [0, 0.1) is 0 Å². The summed E-state index contributed by atoms with van der Waals surface area (Å²) < 4.78 is 0. The standard InChI is InChI=1S/C13H23N3S/c1-10(14)7-11-9-17-13(15-11)8-12-5-3-4-6-16(12)2/h9-10,12H,3-8,14H2,1-2H3. The van der Waals surface area contributed by atoms with Crippen molar-refractivity contribution in [1.82, 2.24) is 9.88 Å². The third-order valence-electron chi connectivity index (χ3n) is 3.46. The molecule has 0 aliphatic carbocycles. The Labute approximate surface area is 108 Å². The summed E-state index contributed by atoms with van der Waals surface area (Å²) in [6, 6.07) is 0.903. The van der Waals surface area contributed by atoms with Crippen LogP contribution < -0.4 is 5.73 Å². The van der Waals surface area contributed by atoms with Crippen LogP contribution in [0.4, 0.5) is 0 Å². The third kappa shape index (κ3) is 3.76. The second-order valence-corrected chi connectivity index (χ2v) is 6.19. The SMILES string of the molecule is CC(N)Cc1csc(CC2CCCCN2C)n1. The smallest absolute Gasteiger partial charge is 0.0943 e. The van der Waals surface area contributed by atoms with Gasteiger partial charge in [0.25, 0.3) is 0 Å². The van der Waals surface area contributed by atoms with Gasteiger partial charge in [-0.05, 0) is 33.4 Å². The van der Waals surface area contributed by atoms with Crippen molar-refractivity contribution in [2.45, 2.75) is 51.1 Å². The van der Waals surface area contributed by atoms with Crippen LogP contribution in [0.15, 0.2) is 5.38 Å². The van der Waals surface area contributed by atoms with E-state index in [0.29, 0.717) is 6.04 Å². The molecule has 2 atom stereocenters. The van der Waals surface area contributed by atoms with E-state index in [0.717, 1.165) is 12.8 Å². The Morgan fingerprint density at radius 1 is 1.59 bits per heavy atom. The van der Waals surface area contributed by atoms with Gasteiger partial charge >= 0.3 is 0 Å². The van der Waals surface area contributed by atoms with Crippen molar-refractivity contribution in [1.29, 1.82) is 0 Å². The quantitative estimate of drug-likeness (QED) is 0.893. The highest BCUT2D eigenvalue weighted by Crippen LogP contribution is 2.21. The number of aromatic nitrogens is 1. The van der Waals surface area contributed by atoms with Gasteiger partial charge in [-0.1, -0.05) is 6.42 Å². The molecule has 0 amide bonds. The predicted molar refractivity (Wildman–Crippen MR) is 73.4 cm³/mol. The molecule has 2 N–H and O–H groups in total. The molecule has 1 aromatic rings. The Balaban J connectivity index is 1.91. The zero-order valence-electron chi connectivity index (χ0n) is 10.9. The van der Waals surface area contributed by atoms with Crippen LogP contribution in [0.5, 0.6) is 0 Å². The van der Waals surface area contributed by atoms with Gasteiger partial charge in [0.2, 0.25) is 0 Å². The molecule has 1 aromatic heterocycles. The summed E-state index contributed by atoms with van der Waals surface area (Å²) in [6.45, 7) is 3.27. The first-order valence-corrected chi connectivity index (χ1v) is 7.42. The van der Waals surface area contributed by atoms with E-state index in [2.05, 4.69) is 17.3 Å². The summed E-state index contributed by atoms with van der Waals surface area (Å²) in [5.41, 5.74) is 6.96. The largest absolute Gasteiger partial charge is 0.328 e. The average molecular weight is 253 g/mol. The van der Waals surface area contributed by atoms with Crippen molar-refractivity contribution in [2.75, 3.05) is 13.6 Å².